The van der Waals surface area contributed by atoms with Gasteiger partial charge in [-0.15, -0.1) is 0 Å². The molecule has 0 atom stereocenters. The highest BCUT2D eigenvalue weighted by Gasteiger charge is 2.31. The van der Waals surface area contributed by atoms with Gasteiger partial charge in [-0.1, -0.05) is 24.3 Å². The monoisotopic (exact) mass is 243 g/mol. The molecule has 2 aromatic carbocycles. The molecular formula is C16H20P+. The lowest BCUT2D eigenvalue weighted by atomic mass is 10.2. The van der Waals surface area contributed by atoms with Crippen LogP contribution in [0.2, 0.25) is 0 Å². The van der Waals surface area contributed by atoms with Crippen LogP contribution >= 0.6 is 7.26 Å². The van der Waals surface area contributed by atoms with E-state index in [4.69, 9.17) is 0 Å². The predicted molar refractivity (Wildman–Crippen MR) is 80.4 cm³/mol. The topological polar surface area (TPSA) is 0 Å². The molecule has 88 valence electrons. The molecule has 2 aromatic rings. The maximum atomic E-state index is 2.40. The Hall–Kier alpha value is -1.13. The van der Waals surface area contributed by atoms with Crippen LogP contribution in [0.5, 0.6) is 0 Å². The Bertz CT molecular complexity index is 492. The molecule has 0 aliphatic carbocycles. The van der Waals surface area contributed by atoms with E-state index in [1.807, 2.05) is 0 Å². The van der Waals surface area contributed by atoms with E-state index < -0.39 is 7.26 Å². The zero-order valence-electron chi connectivity index (χ0n) is 11.1. The van der Waals surface area contributed by atoms with Crippen molar-refractivity contribution in [2.75, 3.05) is 13.3 Å². The highest BCUT2D eigenvalue weighted by molar-refractivity contribution is 7.88. The van der Waals surface area contributed by atoms with Gasteiger partial charge in [-0.2, -0.15) is 0 Å². The van der Waals surface area contributed by atoms with Crippen molar-refractivity contribution in [3.8, 4) is 0 Å². The lowest BCUT2D eigenvalue weighted by molar-refractivity contribution is 1.40. The Morgan fingerprint density at radius 2 is 1.24 bits per heavy atom. The maximum Gasteiger partial charge on any atom is 0.0991 e. The first-order valence-electron chi connectivity index (χ1n) is 5.98. The molecule has 2 rings (SSSR count). The third kappa shape index (κ3) is 2.58. The Morgan fingerprint density at radius 1 is 0.706 bits per heavy atom. The Labute approximate surface area is 105 Å². The van der Waals surface area contributed by atoms with Crippen molar-refractivity contribution in [2.45, 2.75) is 13.8 Å². The van der Waals surface area contributed by atoms with E-state index in [1.54, 1.807) is 0 Å². The van der Waals surface area contributed by atoms with E-state index in [-0.39, 0.29) is 0 Å². The van der Waals surface area contributed by atoms with Crippen LogP contribution in [0.3, 0.4) is 0 Å². The summed E-state index contributed by atoms with van der Waals surface area (Å²) in [6.07, 6.45) is 0. The summed E-state index contributed by atoms with van der Waals surface area (Å²) in [5.74, 6) is 0. The van der Waals surface area contributed by atoms with E-state index in [9.17, 15) is 0 Å². The molecule has 0 aliphatic rings. The predicted octanol–water partition coefficient (Wildman–Crippen LogP) is 3.53. The fourth-order valence-electron chi connectivity index (χ4n) is 2.22. The van der Waals surface area contributed by atoms with Crippen molar-refractivity contribution in [3.63, 3.8) is 0 Å². The lowest BCUT2D eigenvalue weighted by Gasteiger charge is -2.18. The van der Waals surface area contributed by atoms with Crippen molar-refractivity contribution in [1.82, 2.24) is 0 Å². The summed E-state index contributed by atoms with van der Waals surface area (Å²) < 4.78 is 0. The second kappa shape index (κ2) is 4.63. The first kappa shape index (κ1) is 12.3. The van der Waals surface area contributed by atoms with Crippen LogP contribution in [0.25, 0.3) is 0 Å². The number of benzene rings is 2. The summed E-state index contributed by atoms with van der Waals surface area (Å²) in [6, 6.07) is 17.8. The van der Waals surface area contributed by atoms with Crippen LogP contribution in [-0.2, 0) is 0 Å². The van der Waals surface area contributed by atoms with Crippen LogP contribution in [0.4, 0.5) is 0 Å². The third-order valence-electron chi connectivity index (χ3n) is 3.25. The van der Waals surface area contributed by atoms with Gasteiger partial charge >= 0.3 is 0 Å². The largest absolute Gasteiger partial charge is 0.0991 e. The minimum absolute atomic E-state index is 1.20. The van der Waals surface area contributed by atoms with Gasteiger partial charge in [-0.25, -0.2) is 0 Å². The van der Waals surface area contributed by atoms with Gasteiger partial charge in [0.2, 0.25) is 0 Å². The maximum absolute atomic E-state index is 2.40. The van der Waals surface area contributed by atoms with Crippen molar-refractivity contribution in [2.24, 2.45) is 0 Å². The Kier molecular flexibility index (Phi) is 3.35. The summed E-state index contributed by atoms with van der Waals surface area (Å²) in [7, 11) is -1.20. The minimum atomic E-state index is -1.20. The molecular weight excluding hydrogens is 223 g/mol. The standard InChI is InChI=1S/C16H20P/c1-13-10-14(2)12-16(11-13)17(3,4)15-8-6-5-7-9-15/h5-12H,1-4H3/q+1. The third-order valence-corrected chi connectivity index (χ3v) is 6.39. The first-order valence-corrected chi connectivity index (χ1v) is 8.67. The normalized spacial score (nSPS) is 11.5. The molecule has 0 aromatic heterocycles. The highest BCUT2D eigenvalue weighted by Crippen LogP contribution is 2.48. The molecule has 0 amide bonds. The average Bonchev–Trinajstić information content (AvgIpc) is 2.29. The molecule has 0 unspecified atom stereocenters. The molecule has 0 N–H and O–H groups in total. The Morgan fingerprint density at radius 3 is 1.76 bits per heavy atom. The molecule has 0 saturated heterocycles. The van der Waals surface area contributed by atoms with E-state index in [0.717, 1.165) is 0 Å². The summed E-state index contributed by atoms with van der Waals surface area (Å²) in [4.78, 5) is 0. The smallest absolute Gasteiger partial charge is 0.0620 e. The molecule has 1 heteroatoms. The molecule has 0 saturated carbocycles. The van der Waals surface area contributed by atoms with Crippen LogP contribution in [0.1, 0.15) is 11.1 Å². The van der Waals surface area contributed by atoms with Gasteiger partial charge in [0.1, 0.15) is 0 Å². The number of hydrogen-bond donors (Lipinski definition) is 0. The second-order valence-corrected chi connectivity index (χ2v) is 9.07. The van der Waals surface area contributed by atoms with Crippen LogP contribution in [-0.4, -0.2) is 13.3 Å². The Balaban J connectivity index is 2.51. The van der Waals surface area contributed by atoms with Crippen molar-refractivity contribution in [1.29, 1.82) is 0 Å². The molecule has 0 radical (unpaired) electrons. The fourth-order valence-corrected chi connectivity index (χ4v) is 4.49. The van der Waals surface area contributed by atoms with E-state index in [0.29, 0.717) is 0 Å². The average molecular weight is 243 g/mol. The van der Waals surface area contributed by atoms with Gasteiger partial charge in [0.15, 0.2) is 0 Å². The number of hydrogen-bond acceptors (Lipinski definition) is 0. The van der Waals surface area contributed by atoms with Gasteiger partial charge in [0.25, 0.3) is 0 Å². The summed E-state index contributed by atoms with van der Waals surface area (Å²) in [6.45, 7) is 9.16. The second-order valence-electron chi connectivity index (χ2n) is 5.13. The van der Waals surface area contributed by atoms with Crippen molar-refractivity contribution >= 4 is 17.9 Å². The van der Waals surface area contributed by atoms with Crippen molar-refractivity contribution in [3.05, 3.63) is 59.7 Å². The molecule has 0 spiro atoms. The molecule has 0 heterocycles. The zero-order valence-corrected chi connectivity index (χ0v) is 12.0. The SMILES string of the molecule is Cc1cc(C)cc([P+](C)(C)c2ccccc2)c1. The van der Waals surface area contributed by atoms with Gasteiger partial charge < -0.3 is 0 Å². The minimum Gasteiger partial charge on any atom is -0.0620 e. The van der Waals surface area contributed by atoms with Gasteiger partial charge in [-0.05, 0) is 49.2 Å². The first-order chi connectivity index (χ1) is 8.00. The quantitative estimate of drug-likeness (QED) is 0.708. The van der Waals surface area contributed by atoms with Crippen LogP contribution in [0, 0.1) is 13.8 Å². The van der Waals surface area contributed by atoms with Gasteiger partial charge in [-0.3, -0.25) is 0 Å². The lowest BCUT2D eigenvalue weighted by Crippen LogP contribution is -2.20. The molecule has 0 aliphatic heterocycles. The van der Waals surface area contributed by atoms with Gasteiger partial charge in [0, 0.05) is 0 Å². The number of aryl methyl sites for hydroxylation is 2. The molecule has 0 bridgehead atoms. The van der Waals surface area contributed by atoms with E-state index in [2.05, 4.69) is 75.7 Å². The molecule has 17 heavy (non-hydrogen) atoms. The number of rotatable bonds is 2. The fraction of sp³-hybridized carbons (Fsp3) is 0.250. The van der Waals surface area contributed by atoms with E-state index >= 15 is 0 Å². The zero-order chi connectivity index (χ0) is 12.5. The van der Waals surface area contributed by atoms with Crippen molar-refractivity contribution < 1.29 is 0 Å². The van der Waals surface area contributed by atoms with Crippen LogP contribution in [0.15, 0.2) is 48.5 Å². The summed E-state index contributed by atoms with van der Waals surface area (Å²) >= 11 is 0. The molecule has 0 nitrogen and oxygen atoms in total. The summed E-state index contributed by atoms with van der Waals surface area (Å²) in [5, 5.41) is 2.98. The highest BCUT2D eigenvalue weighted by atomic mass is 31.2. The van der Waals surface area contributed by atoms with Crippen LogP contribution < -0.4 is 10.6 Å². The van der Waals surface area contributed by atoms with E-state index in [1.165, 1.54) is 21.7 Å². The molecule has 0 fully saturated rings. The van der Waals surface area contributed by atoms with Gasteiger partial charge in [0.05, 0.1) is 31.2 Å². The summed E-state index contributed by atoms with van der Waals surface area (Å²) in [5.41, 5.74) is 2.73.